The van der Waals surface area contributed by atoms with Crippen molar-refractivity contribution >= 4 is 35.6 Å². The third kappa shape index (κ3) is 5.79. The number of nitrogens with one attached hydrogen (secondary N) is 1. The Hall–Kier alpha value is -1.96. The Morgan fingerprint density at radius 2 is 1.81 bits per heavy atom. The Morgan fingerprint density at radius 1 is 1.08 bits per heavy atom. The first-order valence-corrected chi connectivity index (χ1v) is 8.70. The van der Waals surface area contributed by atoms with Gasteiger partial charge in [-0.15, -0.1) is 24.0 Å². The number of methoxy groups -OCH3 is 1. The van der Waals surface area contributed by atoms with Crippen LogP contribution in [0, 0.1) is 0 Å². The summed E-state index contributed by atoms with van der Waals surface area (Å²) in [6.45, 7) is 1.22. The average Bonchev–Trinajstić information content (AvgIpc) is 3.09. The van der Waals surface area contributed by atoms with Gasteiger partial charge in [0.05, 0.1) is 13.7 Å². The fraction of sp³-hybridized carbons (Fsp3) is 0.350. The number of ether oxygens (including phenoxy) is 2. The van der Waals surface area contributed by atoms with Crippen molar-refractivity contribution in [2.24, 2.45) is 10.7 Å². The normalized spacial score (nSPS) is 12.9. The number of hydrogen-bond donors (Lipinski definition) is 2. The lowest BCUT2D eigenvalue weighted by Gasteiger charge is -2.08. The van der Waals surface area contributed by atoms with Crippen molar-refractivity contribution in [1.29, 1.82) is 0 Å². The molecule has 5 nitrogen and oxygen atoms in total. The maximum Gasteiger partial charge on any atom is 0.193 e. The first kappa shape index (κ1) is 20.4. The average molecular weight is 467 g/mol. The molecule has 2 aromatic carbocycles. The van der Waals surface area contributed by atoms with Crippen molar-refractivity contribution in [3.05, 3.63) is 53.6 Å². The second-order valence-corrected chi connectivity index (χ2v) is 6.11. The number of nitrogens with two attached hydrogens (primary N) is 1. The van der Waals surface area contributed by atoms with E-state index in [1.165, 1.54) is 24.0 Å². The number of hydrogen-bond acceptors (Lipinski definition) is 3. The number of aryl methyl sites for hydroxylation is 2. The topological polar surface area (TPSA) is 68.9 Å². The van der Waals surface area contributed by atoms with Crippen molar-refractivity contribution < 1.29 is 9.47 Å². The number of guanidine groups is 1. The van der Waals surface area contributed by atoms with Crippen LogP contribution in [-0.4, -0.2) is 26.2 Å². The van der Waals surface area contributed by atoms with Crippen molar-refractivity contribution in [1.82, 2.24) is 0 Å². The van der Waals surface area contributed by atoms with Gasteiger partial charge in [-0.05, 0) is 66.8 Å². The highest BCUT2D eigenvalue weighted by Crippen LogP contribution is 2.24. The third-order valence-electron chi connectivity index (χ3n) is 4.28. The van der Waals surface area contributed by atoms with Gasteiger partial charge in [0.15, 0.2) is 5.96 Å². The van der Waals surface area contributed by atoms with Crippen molar-refractivity contribution in [2.45, 2.75) is 25.7 Å². The Bertz CT molecular complexity index is 732. The number of fused-ring (bicyclic) bond motifs is 1. The van der Waals surface area contributed by atoms with Gasteiger partial charge in [0.1, 0.15) is 11.5 Å². The number of anilines is 1. The zero-order valence-electron chi connectivity index (χ0n) is 15.0. The van der Waals surface area contributed by atoms with Crippen LogP contribution in [0.3, 0.4) is 0 Å². The van der Waals surface area contributed by atoms with Gasteiger partial charge in [0, 0.05) is 18.7 Å². The zero-order chi connectivity index (χ0) is 17.5. The molecule has 2 aromatic rings. The molecule has 0 saturated heterocycles. The predicted molar refractivity (Wildman–Crippen MR) is 117 cm³/mol. The highest BCUT2D eigenvalue weighted by Gasteiger charge is 2.10. The largest absolute Gasteiger partial charge is 0.497 e. The van der Waals surface area contributed by atoms with E-state index in [4.69, 9.17) is 15.2 Å². The lowest BCUT2D eigenvalue weighted by Crippen LogP contribution is -2.23. The van der Waals surface area contributed by atoms with Crippen molar-refractivity contribution in [3.8, 4) is 11.5 Å². The van der Waals surface area contributed by atoms with Crippen LogP contribution in [0.4, 0.5) is 5.69 Å². The first-order chi connectivity index (χ1) is 12.2. The molecule has 0 bridgehead atoms. The molecular weight excluding hydrogens is 441 g/mol. The van der Waals surface area contributed by atoms with Crippen LogP contribution in [-0.2, 0) is 12.8 Å². The molecule has 140 valence electrons. The SMILES string of the molecule is COc1ccc(OCCCN=C(N)Nc2ccc3c(c2)CCC3)cc1.I. The van der Waals surface area contributed by atoms with Gasteiger partial charge in [0.25, 0.3) is 0 Å². The Kier molecular flexibility index (Phi) is 8.03. The molecule has 0 aromatic heterocycles. The number of halogens is 1. The molecule has 6 heteroatoms. The molecule has 26 heavy (non-hydrogen) atoms. The minimum atomic E-state index is 0. The van der Waals surface area contributed by atoms with Crippen molar-refractivity contribution in [3.63, 3.8) is 0 Å². The molecule has 1 aliphatic rings. The quantitative estimate of drug-likeness (QED) is 0.280. The molecule has 1 aliphatic carbocycles. The molecule has 0 unspecified atom stereocenters. The predicted octanol–water partition coefficient (Wildman–Crippen LogP) is 4.00. The highest BCUT2D eigenvalue weighted by atomic mass is 127. The number of rotatable bonds is 7. The third-order valence-corrected chi connectivity index (χ3v) is 4.28. The second kappa shape index (κ2) is 10.3. The lowest BCUT2D eigenvalue weighted by molar-refractivity contribution is 0.313. The van der Waals surface area contributed by atoms with E-state index in [2.05, 4.69) is 28.5 Å². The minimum absolute atomic E-state index is 0. The van der Waals surface area contributed by atoms with Crippen LogP contribution in [0.2, 0.25) is 0 Å². The van der Waals surface area contributed by atoms with Gasteiger partial charge in [-0.2, -0.15) is 0 Å². The monoisotopic (exact) mass is 467 g/mol. The van der Waals surface area contributed by atoms with E-state index >= 15 is 0 Å². The summed E-state index contributed by atoms with van der Waals surface area (Å²) in [7, 11) is 1.65. The van der Waals surface area contributed by atoms with Crippen LogP contribution in [0.25, 0.3) is 0 Å². The van der Waals surface area contributed by atoms with E-state index in [9.17, 15) is 0 Å². The van der Waals surface area contributed by atoms with E-state index in [-0.39, 0.29) is 24.0 Å². The van der Waals surface area contributed by atoms with Crippen molar-refractivity contribution in [2.75, 3.05) is 25.6 Å². The maximum absolute atomic E-state index is 5.96. The molecule has 0 radical (unpaired) electrons. The highest BCUT2D eigenvalue weighted by molar-refractivity contribution is 14.0. The smallest absolute Gasteiger partial charge is 0.193 e. The van der Waals surface area contributed by atoms with Gasteiger partial charge in [-0.3, -0.25) is 4.99 Å². The summed E-state index contributed by atoms with van der Waals surface area (Å²) >= 11 is 0. The second-order valence-electron chi connectivity index (χ2n) is 6.11. The molecule has 3 N–H and O–H groups in total. The van der Waals surface area contributed by atoms with E-state index in [1.54, 1.807) is 7.11 Å². The lowest BCUT2D eigenvalue weighted by atomic mass is 10.1. The molecule has 0 fully saturated rings. The summed E-state index contributed by atoms with van der Waals surface area (Å²) in [6, 6.07) is 14.0. The Labute approximate surface area is 172 Å². The summed E-state index contributed by atoms with van der Waals surface area (Å²) in [5.41, 5.74) is 9.85. The van der Waals surface area contributed by atoms with Gasteiger partial charge < -0.3 is 20.5 Å². The molecule has 0 saturated carbocycles. The van der Waals surface area contributed by atoms with Crippen LogP contribution in [0.5, 0.6) is 11.5 Å². The fourth-order valence-electron chi connectivity index (χ4n) is 2.96. The van der Waals surface area contributed by atoms with E-state index in [0.717, 1.165) is 30.0 Å². The molecule has 0 spiro atoms. The molecule has 0 heterocycles. The first-order valence-electron chi connectivity index (χ1n) is 8.70. The van der Waals surface area contributed by atoms with Gasteiger partial charge >= 0.3 is 0 Å². The summed E-state index contributed by atoms with van der Waals surface area (Å²) < 4.78 is 10.8. The van der Waals surface area contributed by atoms with Gasteiger partial charge in [0.2, 0.25) is 0 Å². The van der Waals surface area contributed by atoms with Gasteiger partial charge in [-0.1, -0.05) is 6.07 Å². The summed E-state index contributed by atoms with van der Waals surface area (Å²) in [5, 5.41) is 3.17. The van der Waals surface area contributed by atoms with Crippen LogP contribution in [0.15, 0.2) is 47.5 Å². The van der Waals surface area contributed by atoms with Gasteiger partial charge in [-0.25, -0.2) is 0 Å². The molecule has 0 atom stereocenters. The van der Waals surface area contributed by atoms with Crippen LogP contribution in [0.1, 0.15) is 24.0 Å². The zero-order valence-corrected chi connectivity index (χ0v) is 17.4. The number of nitrogens with zero attached hydrogens (tertiary/aromatic N) is 1. The number of benzene rings is 2. The van der Waals surface area contributed by atoms with Crippen LogP contribution < -0.4 is 20.5 Å². The standard InChI is InChI=1S/C20H25N3O2.HI/c1-24-18-8-10-19(11-9-18)25-13-3-12-22-20(21)23-17-7-6-15-4-2-5-16(15)14-17;/h6-11,14H,2-5,12-13H2,1H3,(H3,21,22,23);1H. The summed E-state index contributed by atoms with van der Waals surface area (Å²) in [4.78, 5) is 4.35. The Morgan fingerprint density at radius 3 is 2.58 bits per heavy atom. The fourth-order valence-corrected chi connectivity index (χ4v) is 2.96. The minimum Gasteiger partial charge on any atom is -0.497 e. The summed E-state index contributed by atoms with van der Waals surface area (Å²) in [5.74, 6) is 2.10. The van der Waals surface area contributed by atoms with E-state index < -0.39 is 0 Å². The molecule has 0 amide bonds. The Balaban J connectivity index is 0.00000243. The molecule has 0 aliphatic heterocycles. The molecule has 3 rings (SSSR count). The maximum atomic E-state index is 5.96. The van der Waals surface area contributed by atoms with Crippen LogP contribution >= 0.6 is 24.0 Å². The number of aliphatic imine (C=N–C) groups is 1. The molecular formula is C20H26IN3O2. The van der Waals surface area contributed by atoms with E-state index in [0.29, 0.717) is 19.1 Å². The van der Waals surface area contributed by atoms with E-state index in [1.807, 2.05) is 24.3 Å². The summed E-state index contributed by atoms with van der Waals surface area (Å²) in [6.07, 6.45) is 4.40.